The summed E-state index contributed by atoms with van der Waals surface area (Å²) in [6.07, 6.45) is 1.57. The van der Waals surface area contributed by atoms with Crippen molar-refractivity contribution in [2.75, 3.05) is 44.7 Å². The molecule has 0 aliphatic carbocycles. The fourth-order valence-electron chi connectivity index (χ4n) is 3.62. The maximum atomic E-state index is 14.9. The standard InChI is InChI=1S/C18H20FN3O3/c1-11(23)13-10-22-7-8-25-18-15(22)12(17(13)24)9-14(19)16(18)21-5-3-20(2)4-6-21/h9-10H,3-8H2,1-2H3. The first-order valence-electron chi connectivity index (χ1n) is 8.44. The molecule has 0 unspecified atom stereocenters. The molecule has 0 amide bonds. The van der Waals surface area contributed by atoms with Crippen LogP contribution in [0.1, 0.15) is 17.3 Å². The molecule has 0 atom stereocenters. The molecule has 132 valence electrons. The zero-order valence-corrected chi connectivity index (χ0v) is 14.3. The molecule has 0 N–H and O–H groups in total. The number of nitrogens with zero attached hydrogens (tertiary/aromatic N) is 3. The fourth-order valence-corrected chi connectivity index (χ4v) is 3.62. The summed E-state index contributed by atoms with van der Waals surface area (Å²) in [7, 11) is 2.04. The van der Waals surface area contributed by atoms with Crippen LogP contribution in [-0.2, 0) is 6.54 Å². The Morgan fingerprint density at radius 3 is 2.60 bits per heavy atom. The number of ketones is 1. The van der Waals surface area contributed by atoms with Gasteiger partial charge in [-0.1, -0.05) is 0 Å². The van der Waals surface area contributed by atoms with E-state index >= 15 is 0 Å². The summed E-state index contributed by atoms with van der Waals surface area (Å²) in [5.74, 6) is -0.372. The number of Topliss-reactive ketones (excluding diaryl/α,β-unsaturated/α-hetero) is 1. The molecule has 4 rings (SSSR count). The number of hydrogen-bond donors (Lipinski definition) is 0. The summed E-state index contributed by atoms with van der Waals surface area (Å²) in [6.45, 7) is 5.34. The molecule has 2 aliphatic rings. The lowest BCUT2D eigenvalue weighted by atomic mass is 10.1. The van der Waals surface area contributed by atoms with Crippen LogP contribution in [0, 0.1) is 5.82 Å². The molecule has 2 aromatic rings. The SMILES string of the molecule is CC(=O)c1cn2c3c(c(N4CCN(C)CC4)c(F)cc3c1=O)OCC2. The second kappa shape index (κ2) is 5.84. The van der Waals surface area contributed by atoms with E-state index < -0.39 is 11.2 Å². The van der Waals surface area contributed by atoms with Crippen molar-refractivity contribution in [2.24, 2.45) is 0 Å². The van der Waals surface area contributed by atoms with Gasteiger partial charge >= 0.3 is 0 Å². The summed E-state index contributed by atoms with van der Waals surface area (Å²) >= 11 is 0. The van der Waals surface area contributed by atoms with Gasteiger partial charge in [0.1, 0.15) is 12.3 Å². The predicted molar refractivity (Wildman–Crippen MR) is 93.4 cm³/mol. The Morgan fingerprint density at radius 1 is 1.20 bits per heavy atom. The number of pyridine rings is 1. The van der Waals surface area contributed by atoms with Crippen molar-refractivity contribution in [3.63, 3.8) is 0 Å². The van der Waals surface area contributed by atoms with E-state index in [1.807, 2.05) is 16.5 Å². The van der Waals surface area contributed by atoms with Crippen molar-refractivity contribution in [3.8, 4) is 5.75 Å². The van der Waals surface area contributed by atoms with Crippen LogP contribution < -0.4 is 15.1 Å². The molecule has 1 saturated heterocycles. The van der Waals surface area contributed by atoms with Gasteiger partial charge in [-0.2, -0.15) is 0 Å². The van der Waals surface area contributed by atoms with Crippen LogP contribution in [0.2, 0.25) is 0 Å². The van der Waals surface area contributed by atoms with Gasteiger partial charge in [-0.15, -0.1) is 0 Å². The van der Waals surface area contributed by atoms with Crippen molar-refractivity contribution in [1.29, 1.82) is 0 Å². The lowest BCUT2D eigenvalue weighted by Gasteiger charge is -2.36. The molecule has 0 radical (unpaired) electrons. The number of rotatable bonds is 2. The topological polar surface area (TPSA) is 54.8 Å². The van der Waals surface area contributed by atoms with Crippen LogP contribution in [0.15, 0.2) is 17.1 Å². The molecular weight excluding hydrogens is 325 g/mol. The first-order valence-corrected chi connectivity index (χ1v) is 8.44. The molecule has 2 aliphatic heterocycles. The number of carbonyl (C=O) groups is 1. The Hall–Kier alpha value is -2.41. The number of anilines is 1. The molecular formula is C18H20FN3O3. The van der Waals surface area contributed by atoms with Gasteiger partial charge in [-0.25, -0.2) is 4.39 Å². The maximum absolute atomic E-state index is 14.9. The van der Waals surface area contributed by atoms with Crippen LogP contribution in [0.25, 0.3) is 10.9 Å². The second-order valence-corrected chi connectivity index (χ2v) is 6.69. The first-order chi connectivity index (χ1) is 12.0. The Bertz CT molecular complexity index is 930. The van der Waals surface area contributed by atoms with Gasteiger partial charge in [0.2, 0.25) is 0 Å². The normalized spacial score (nSPS) is 17.6. The fraction of sp³-hybridized carbons (Fsp3) is 0.444. The number of benzene rings is 1. The van der Waals surface area contributed by atoms with Gasteiger partial charge in [-0.3, -0.25) is 9.59 Å². The molecule has 1 aromatic carbocycles. The molecule has 0 saturated carbocycles. The van der Waals surface area contributed by atoms with E-state index in [2.05, 4.69) is 4.90 Å². The molecule has 0 spiro atoms. The molecule has 6 nitrogen and oxygen atoms in total. The maximum Gasteiger partial charge on any atom is 0.200 e. The molecule has 1 fully saturated rings. The van der Waals surface area contributed by atoms with E-state index in [9.17, 15) is 14.0 Å². The number of piperazine rings is 1. The second-order valence-electron chi connectivity index (χ2n) is 6.69. The van der Waals surface area contributed by atoms with Gasteiger partial charge in [0.05, 0.1) is 23.0 Å². The number of aromatic nitrogens is 1. The average molecular weight is 345 g/mol. The van der Waals surface area contributed by atoms with E-state index in [4.69, 9.17) is 4.74 Å². The monoisotopic (exact) mass is 345 g/mol. The van der Waals surface area contributed by atoms with Crippen molar-refractivity contribution < 1.29 is 13.9 Å². The number of hydrogen-bond acceptors (Lipinski definition) is 5. The predicted octanol–water partition coefficient (Wildman–Crippen LogP) is 1.49. The highest BCUT2D eigenvalue weighted by Gasteiger charge is 2.28. The summed E-state index contributed by atoms with van der Waals surface area (Å²) < 4.78 is 22.6. The highest BCUT2D eigenvalue weighted by molar-refractivity contribution is 5.99. The van der Waals surface area contributed by atoms with Crippen molar-refractivity contribution in [2.45, 2.75) is 13.5 Å². The minimum absolute atomic E-state index is 0.0899. The van der Waals surface area contributed by atoms with Gasteiger partial charge in [-0.05, 0) is 20.0 Å². The van der Waals surface area contributed by atoms with Crippen molar-refractivity contribution in [3.05, 3.63) is 33.9 Å². The third-order valence-corrected chi connectivity index (χ3v) is 5.02. The minimum atomic E-state index is -0.474. The third kappa shape index (κ3) is 2.50. The summed E-state index contributed by atoms with van der Waals surface area (Å²) in [5.41, 5.74) is 0.655. The zero-order valence-electron chi connectivity index (χ0n) is 14.3. The number of halogens is 1. The van der Waals surface area contributed by atoms with E-state index in [1.165, 1.54) is 13.0 Å². The van der Waals surface area contributed by atoms with Crippen LogP contribution in [-0.4, -0.2) is 55.1 Å². The highest BCUT2D eigenvalue weighted by Crippen LogP contribution is 2.40. The Morgan fingerprint density at radius 2 is 1.92 bits per heavy atom. The smallest absolute Gasteiger partial charge is 0.200 e. The van der Waals surface area contributed by atoms with Gasteiger partial charge in [0.15, 0.2) is 22.8 Å². The lowest BCUT2D eigenvalue weighted by molar-refractivity contribution is 0.101. The lowest BCUT2D eigenvalue weighted by Crippen LogP contribution is -2.45. The quantitative estimate of drug-likeness (QED) is 0.772. The van der Waals surface area contributed by atoms with Crippen LogP contribution >= 0.6 is 0 Å². The minimum Gasteiger partial charge on any atom is -0.487 e. The van der Waals surface area contributed by atoms with Gasteiger partial charge < -0.3 is 19.1 Å². The molecule has 25 heavy (non-hydrogen) atoms. The van der Waals surface area contributed by atoms with E-state index in [0.29, 0.717) is 43.2 Å². The third-order valence-electron chi connectivity index (χ3n) is 5.02. The summed E-state index contributed by atoms with van der Waals surface area (Å²) in [6, 6.07) is 1.26. The number of likely N-dealkylation sites (N-methyl/N-ethyl adjacent to an activating group) is 1. The molecule has 7 heteroatoms. The number of carbonyl (C=O) groups excluding carboxylic acids is 1. The van der Waals surface area contributed by atoms with E-state index in [1.54, 1.807) is 6.20 Å². The van der Waals surface area contributed by atoms with Crippen LogP contribution in [0.4, 0.5) is 10.1 Å². The summed E-state index contributed by atoms with van der Waals surface area (Å²) in [4.78, 5) is 28.5. The van der Waals surface area contributed by atoms with Gasteiger partial charge in [0, 0.05) is 32.4 Å². The average Bonchev–Trinajstić information content (AvgIpc) is 2.58. The van der Waals surface area contributed by atoms with E-state index in [-0.39, 0.29) is 16.7 Å². The Balaban J connectivity index is 1.97. The van der Waals surface area contributed by atoms with Gasteiger partial charge in [0.25, 0.3) is 0 Å². The number of ether oxygens (including phenoxy) is 1. The van der Waals surface area contributed by atoms with Crippen molar-refractivity contribution >= 4 is 22.4 Å². The van der Waals surface area contributed by atoms with E-state index in [0.717, 1.165) is 13.1 Å². The zero-order chi connectivity index (χ0) is 17.7. The molecule has 1 aromatic heterocycles. The Labute approximate surface area is 144 Å². The highest BCUT2D eigenvalue weighted by atomic mass is 19.1. The summed E-state index contributed by atoms with van der Waals surface area (Å²) in [5, 5.41) is 0.206. The first kappa shape index (κ1) is 16.1. The molecule has 3 heterocycles. The van der Waals surface area contributed by atoms with Crippen LogP contribution in [0.5, 0.6) is 5.75 Å². The largest absolute Gasteiger partial charge is 0.487 e. The Kier molecular flexibility index (Phi) is 3.76. The van der Waals surface area contributed by atoms with Crippen LogP contribution in [0.3, 0.4) is 0 Å². The van der Waals surface area contributed by atoms with Crippen molar-refractivity contribution in [1.82, 2.24) is 9.47 Å². The molecule has 0 bridgehead atoms.